The number of rotatable bonds is 22. The number of aryl methyl sites for hydroxylation is 1. The second-order valence-electron chi connectivity index (χ2n) is 16.5. The molecule has 37 nitrogen and oxygen atoms in total. The Kier molecular flexibility index (Phi) is 16.6. The molecule has 75 heavy (non-hydrogen) atoms. The number of aromatic amines is 2. The summed E-state index contributed by atoms with van der Waals surface area (Å²) in [7, 11) is -20.8. The van der Waals surface area contributed by atoms with E-state index in [1.165, 1.54) is 27.1 Å². The van der Waals surface area contributed by atoms with Crippen LogP contribution >= 0.6 is 31.3 Å². The largest absolute Gasteiger partial charge is 0.490 e. The second-order valence-corrected chi connectivity index (χ2v) is 22.6. The van der Waals surface area contributed by atoms with Crippen LogP contribution in [0.25, 0.3) is 22.3 Å². The van der Waals surface area contributed by atoms with E-state index in [4.69, 9.17) is 53.2 Å². The minimum Gasteiger partial charge on any atom is -0.387 e. The van der Waals surface area contributed by atoms with Crippen molar-refractivity contribution < 1.29 is 108 Å². The molecule has 8 rings (SSSR count). The molecule has 13 N–H and O–H groups in total. The number of aromatic nitrogens is 10. The number of phosphoric acid groups is 4. The first-order chi connectivity index (χ1) is 35.2. The molecule has 0 amide bonds. The van der Waals surface area contributed by atoms with Gasteiger partial charge in [-0.3, -0.25) is 51.4 Å². The van der Waals surface area contributed by atoms with Gasteiger partial charge in [0.2, 0.25) is 11.7 Å². The number of H-pyrrole nitrogens is 2. The van der Waals surface area contributed by atoms with Gasteiger partial charge in [-0.05, 0) is 6.92 Å². The van der Waals surface area contributed by atoms with E-state index in [1.807, 2.05) is 4.98 Å². The normalized spacial score (nSPS) is 30.4. The topological polar surface area (TPSA) is 516 Å². The van der Waals surface area contributed by atoms with Crippen LogP contribution in [0.5, 0.6) is 0 Å². The number of hydrogen-bond acceptors (Lipinski definition) is 27. The molecule has 3 saturated heterocycles. The van der Waals surface area contributed by atoms with E-state index in [9.17, 15) is 67.5 Å². The van der Waals surface area contributed by atoms with Gasteiger partial charge >= 0.3 is 42.6 Å². The summed E-state index contributed by atoms with van der Waals surface area (Å²) < 4.78 is 115. The van der Waals surface area contributed by atoms with Crippen molar-refractivity contribution in [2.45, 2.75) is 74.4 Å². The van der Waals surface area contributed by atoms with Crippen LogP contribution in [0, 0.1) is 5.92 Å². The summed E-state index contributed by atoms with van der Waals surface area (Å²) in [6.45, 7) is -1.67. The zero-order valence-electron chi connectivity index (χ0n) is 38.9. The standard InChI is InChI=1S/C34H48N12O25P4/c1-4-62-7-14-15(66-30(21(14)48)46-13-43(2)20-28(46)41-33(36)42-29(20)51)8-64-73(55,56)70-75(59,60)71-74(57,58)65-10-17-24(25(61-3)32(68-17)45-12-39-19-26(35)37-11-38-27(19)45)69-72(53,54)63-9-16-22(49)23(50)31(67-16)44-6-5-18(47)40-34(44)52/h5-6,11-17,21-25,30-32,48-50H,4,7-10H2,1-3H3,(H9-,35,36,37,38,40,41,42,47,51,52,53,54,55,56,57,58,59,60)/p+1/t14-,15-,16-,17-,21-,22-,23-,24-,25-,30-,31-,32-/m1/s1. The average molecular weight is 1150 g/mol. The second kappa shape index (κ2) is 22.0. The Labute approximate surface area is 417 Å². The van der Waals surface area contributed by atoms with E-state index in [2.05, 4.69) is 33.5 Å². The predicted octanol–water partition coefficient (Wildman–Crippen LogP) is -3.58. The Morgan fingerprint density at radius 1 is 0.773 bits per heavy atom. The van der Waals surface area contributed by atoms with Crippen LogP contribution in [0.4, 0.5) is 11.8 Å². The summed E-state index contributed by atoms with van der Waals surface area (Å²) in [6.07, 6.45) is -13.3. The molecule has 0 bridgehead atoms. The third-order valence-corrected chi connectivity index (χ3v) is 16.9. The Balaban J connectivity index is 0.942. The van der Waals surface area contributed by atoms with Crippen molar-refractivity contribution >= 4 is 65.4 Å². The number of nitrogens with one attached hydrogen (secondary N) is 2. The number of imidazole rings is 2. The van der Waals surface area contributed by atoms with Crippen LogP contribution in [0.15, 0.2) is 45.6 Å². The van der Waals surface area contributed by atoms with Gasteiger partial charge in [0.05, 0.1) is 45.9 Å². The first-order valence-corrected chi connectivity index (χ1v) is 27.7. The molecule has 3 aliphatic heterocycles. The third-order valence-electron chi connectivity index (χ3n) is 11.7. The number of methoxy groups -OCH3 is 1. The molecular formula is C34H49N12O25P4+. The van der Waals surface area contributed by atoms with Gasteiger partial charge < -0.3 is 70.0 Å². The molecule has 414 valence electrons. The zero-order valence-corrected chi connectivity index (χ0v) is 42.4. The molecule has 5 aromatic rings. The Bertz CT molecular complexity index is 3280. The maximum atomic E-state index is 13.6. The molecule has 0 aromatic carbocycles. The van der Waals surface area contributed by atoms with Crippen LogP contribution in [0.2, 0.25) is 0 Å². The Morgan fingerprint density at radius 3 is 2.09 bits per heavy atom. The van der Waals surface area contributed by atoms with Gasteiger partial charge in [-0.25, -0.2) is 42.6 Å². The molecule has 41 heteroatoms. The molecular weight excluding hydrogens is 1100 g/mol. The number of ether oxygens (including phenoxy) is 5. The summed E-state index contributed by atoms with van der Waals surface area (Å²) in [5.41, 5.74) is 9.31. The molecule has 5 aromatic heterocycles. The zero-order chi connectivity index (χ0) is 54.5. The highest BCUT2D eigenvalue weighted by Gasteiger charge is 2.54. The number of hydrogen-bond donors (Lipinski definition) is 11. The van der Waals surface area contributed by atoms with E-state index in [0.717, 1.165) is 36.6 Å². The van der Waals surface area contributed by atoms with E-state index in [1.54, 1.807) is 6.92 Å². The number of nitrogens with zero attached hydrogens (tertiary/aromatic N) is 8. The van der Waals surface area contributed by atoms with Crippen molar-refractivity contribution in [2.75, 3.05) is 51.6 Å². The summed E-state index contributed by atoms with van der Waals surface area (Å²) in [4.78, 5) is 99.6. The number of fused-ring (bicyclic) bond motifs is 2. The number of nitrogen functional groups attached to an aromatic ring is 2. The lowest BCUT2D eigenvalue weighted by Crippen LogP contribution is -2.45. The van der Waals surface area contributed by atoms with Crippen molar-refractivity contribution in [1.29, 1.82) is 0 Å². The van der Waals surface area contributed by atoms with Gasteiger partial charge in [0.15, 0.2) is 30.2 Å². The van der Waals surface area contributed by atoms with Gasteiger partial charge in [0.1, 0.15) is 54.6 Å². The van der Waals surface area contributed by atoms with Gasteiger partial charge in [-0.2, -0.15) is 8.62 Å². The molecule has 4 unspecified atom stereocenters. The SMILES string of the molecule is CCOC[C@H]1[C@@H](O)[C@H]([n+]2cn(C)c3c(=O)[nH]c(N)nc32)O[C@@H]1COP(=O)(O)OP(=O)(O)OP(=O)(O)OC[C@H]1O[C@@H](n2cnc3c(N)ncnc32)[C@H](OC)[C@@H]1OP(=O)(O)OC[C@H]1O[C@@H](n2ccc(=O)[nH]c2=O)[C@H](O)[C@@H]1O. The van der Waals surface area contributed by atoms with Crippen LogP contribution < -0.4 is 32.8 Å². The number of anilines is 2. The number of aliphatic hydroxyl groups excluding tert-OH is 3. The fourth-order valence-corrected chi connectivity index (χ4v) is 12.8. The monoisotopic (exact) mass is 1150 g/mol. The fourth-order valence-electron chi connectivity index (χ4n) is 8.33. The molecule has 3 aliphatic rings. The van der Waals surface area contributed by atoms with Crippen LogP contribution in [0.3, 0.4) is 0 Å². The molecule has 0 radical (unpaired) electrons. The minimum absolute atomic E-state index is 0.00952. The molecule has 0 spiro atoms. The highest BCUT2D eigenvalue weighted by atomic mass is 31.3. The summed E-state index contributed by atoms with van der Waals surface area (Å²) in [5, 5.41) is 32.6. The van der Waals surface area contributed by atoms with Gasteiger partial charge in [-0.15, -0.1) is 0 Å². The van der Waals surface area contributed by atoms with Gasteiger partial charge in [0.25, 0.3) is 17.1 Å². The maximum absolute atomic E-state index is 13.6. The first kappa shape index (κ1) is 56.6. The summed E-state index contributed by atoms with van der Waals surface area (Å²) in [6, 6.07) is 0.926. The number of aliphatic hydroxyl groups is 3. The third kappa shape index (κ3) is 12.2. The van der Waals surface area contributed by atoms with Crippen molar-refractivity contribution in [1.82, 2.24) is 43.6 Å². The smallest absolute Gasteiger partial charge is 0.387 e. The van der Waals surface area contributed by atoms with Crippen molar-refractivity contribution in [3.8, 4) is 0 Å². The van der Waals surface area contributed by atoms with Crippen molar-refractivity contribution in [3.63, 3.8) is 0 Å². The summed E-state index contributed by atoms with van der Waals surface area (Å²) >= 11 is 0. The highest BCUT2D eigenvalue weighted by Crippen LogP contribution is 2.68. The Hall–Kier alpha value is -4.62. The van der Waals surface area contributed by atoms with Crippen molar-refractivity contribution in [3.05, 3.63) is 62.4 Å². The van der Waals surface area contributed by atoms with Crippen LogP contribution in [0.1, 0.15) is 25.6 Å². The first-order valence-electron chi connectivity index (χ1n) is 21.7. The lowest BCUT2D eigenvalue weighted by Gasteiger charge is -2.26. The lowest BCUT2D eigenvalue weighted by atomic mass is 9.99. The van der Waals surface area contributed by atoms with E-state index < -0.39 is 141 Å². The lowest BCUT2D eigenvalue weighted by molar-refractivity contribution is -0.745. The number of phosphoric ester groups is 3. The highest BCUT2D eigenvalue weighted by molar-refractivity contribution is 7.66. The van der Waals surface area contributed by atoms with Gasteiger partial charge in [0, 0.05) is 31.9 Å². The van der Waals surface area contributed by atoms with Crippen molar-refractivity contribution in [2.24, 2.45) is 13.0 Å². The van der Waals surface area contributed by atoms with E-state index >= 15 is 0 Å². The predicted molar refractivity (Wildman–Crippen MR) is 242 cm³/mol. The maximum Gasteiger partial charge on any atom is 0.490 e. The molecule has 0 saturated carbocycles. The quantitative estimate of drug-likeness (QED) is 0.0236. The molecule has 8 heterocycles. The van der Waals surface area contributed by atoms with Crippen LogP contribution in [-0.2, 0) is 75.7 Å². The molecule has 16 atom stereocenters. The van der Waals surface area contributed by atoms with E-state index in [-0.39, 0.29) is 47.3 Å². The summed E-state index contributed by atoms with van der Waals surface area (Å²) in [5.74, 6) is -1.39. The number of nitrogens with two attached hydrogens (primary N) is 2. The molecule has 3 fully saturated rings. The van der Waals surface area contributed by atoms with Crippen LogP contribution in [-0.4, -0.2) is 167 Å². The minimum atomic E-state index is -6.18. The van der Waals surface area contributed by atoms with E-state index in [0.29, 0.717) is 0 Å². The average Bonchev–Trinajstić information content (AvgIpc) is 4.12. The Morgan fingerprint density at radius 2 is 1.43 bits per heavy atom. The fraction of sp³-hybridized carbons (Fsp3) is 0.588. The molecule has 0 aliphatic carbocycles. The van der Waals surface area contributed by atoms with Gasteiger partial charge in [-0.1, -0.05) is 4.98 Å².